The second-order valence-corrected chi connectivity index (χ2v) is 5.92. The van der Waals surface area contributed by atoms with Crippen LogP contribution in [0.15, 0.2) is 24.3 Å². The van der Waals surface area contributed by atoms with Gasteiger partial charge in [-0.1, -0.05) is 39.8 Å². The molecule has 0 saturated carbocycles. The second-order valence-electron chi connectivity index (χ2n) is 5.92. The molecule has 0 spiro atoms. The van der Waals surface area contributed by atoms with Crippen LogP contribution >= 0.6 is 0 Å². The van der Waals surface area contributed by atoms with E-state index < -0.39 is 11.7 Å². The summed E-state index contributed by atoms with van der Waals surface area (Å²) in [5.74, 6) is 0.915. The minimum atomic E-state index is -4.25. The van der Waals surface area contributed by atoms with Crippen LogP contribution in [-0.4, -0.2) is 12.6 Å². The van der Waals surface area contributed by atoms with E-state index in [1.807, 2.05) is 0 Å². The van der Waals surface area contributed by atoms with E-state index >= 15 is 0 Å². The lowest BCUT2D eigenvalue weighted by atomic mass is 9.89. The maximum atomic E-state index is 12.5. The molecule has 2 atom stereocenters. The molecular weight excluding hydrogens is 263 g/mol. The summed E-state index contributed by atoms with van der Waals surface area (Å²) >= 11 is 0. The molecule has 0 aliphatic carbocycles. The van der Waals surface area contributed by atoms with Crippen molar-refractivity contribution in [3.8, 4) is 0 Å². The number of hydrogen-bond donors (Lipinski definition) is 1. The first-order valence-corrected chi connectivity index (χ1v) is 7.09. The lowest BCUT2D eigenvalue weighted by molar-refractivity contribution is -0.137. The molecule has 0 bridgehead atoms. The van der Waals surface area contributed by atoms with Crippen LogP contribution in [-0.2, 0) is 12.6 Å². The van der Waals surface area contributed by atoms with Crippen molar-refractivity contribution in [2.45, 2.75) is 46.3 Å². The molecule has 0 heterocycles. The normalized spacial score (nSPS) is 15.4. The highest BCUT2D eigenvalue weighted by Crippen LogP contribution is 2.29. The fourth-order valence-electron chi connectivity index (χ4n) is 2.03. The molecule has 0 saturated heterocycles. The van der Waals surface area contributed by atoms with Gasteiger partial charge in [0.1, 0.15) is 0 Å². The molecular formula is C16H24F3N. The molecule has 0 aliphatic heterocycles. The lowest BCUT2D eigenvalue weighted by Crippen LogP contribution is -2.31. The molecule has 1 aromatic rings. The highest BCUT2D eigenvalue weighted by Gasteiger charge is 2.30. The zero-order valence-corrected chi connectivity index (χ0v) is 12.6. The molecule has 0 aliphatic rings. The van der Waals surface area contributed by atoms with Crippen LogP contribution in [0.3, 0.4) is 0 Å². The predicted octanol–water partition coefficient (Wildman–Crippen LogP) is 4.52. The molecule has 0 fully saturated rings. The van der Waals surface area contributed by atoms with E-state index in [0.717, 1.165) is 18.5 Å². The van der Waals surface area contributed by atoms with Gasteiger partial charge in [0.2, 0.25) is 0 Å². The van der Waals surface area contributed by atoms with Gasteiger partial charge < -0.3 is 5.32 Å². The van der Waals surface area contributed by atoms with E-state index in [2.05, 4.69) is 33.0 Å². The minimum Gasteiger partial charge on any atom is -0.314 e. The first-order chi connectivity index (χ1) is 9.20. The van der Waals surface area contributed by atoms with Gasteiger partial charge in [0, 0.05) is 6.04 Å². The third-order valence-corrected chi connectivity index (χ3v) is 3.66. The van der Waals surface area contributed by atoms with E-state index in [-0.39, 0.29) is 0 Å². The molecule has 0 amide bonds. The van der Waals surface area contributed by atoms with Gasteiger partial charge in [-0.3, -0.25) is 0 Å². The van der Waals surface area contributed by atoms with E-state index in [4.69, 9.17) is 0 Å². The maximum absolute atomic E-state index is 12.5. The maximum Gasteiger partial charge on any atom is 0.416 e. The molecule has 1 nitrogen and oxygen atoms in total. The first-order valence-electron chi connectivity index (χ1n) is 7.09. The summed E-state index contributed by atoms with van der Waals surface area (Å²) in [6.45, 7) is 9.45. The van der Waals surface area contributed by atoms with Gasteiger partial charge in [0.15, 0.2) is 0 Å². The predicted molar refractivity (Wildman–Crippen MR) is 76.6 cm³/mol. The summed E-state index contributed by atoms with van der Waals surface area (Å²) in [5, 5.41) is 3.39. The van der Waals surface area contributed by atoms with Crippen molar-refractivity contribution in [2.24, 2.45) is 11.8 Å². The first kappa shape index (κ1) is 17.0. The molecule has 1 N–H and O–H groups in total. The van der Waals surface area contributed by atoms with Crippen molar-refractivity contribution in [1.29, 1.82) is 0 Å². The van der Waals surface area contributed by atoms with Gasteiger partial charge in [-0.05, 0) is 42.5 Å². The average Bonchev–Trinajstić information content (AvgIpc) is 2.35. The van der Waals surface area contributed by atoms with Crippen molar-refractivity contribution in [2.75, 3.05) is 6.54 Å². The summed E-state index contributed by atoms with van der Waals surface area (Å²) < 4.78 is 37.4. The summed E-state index contributed by atoms with van der Waals surface area (Å²) in [5.41, 5.74) is 0.380. The standard InChI is InChI=1S/C16H24F3N/c1-11(2)20-10-13(4)12(3)9-14-5-7-15(8-6-14)16(17,18)19/h5-8,11-13,20H,9-10H2,1-4H3. The molecule has 114 valence electrons. The lowest BCUT2D eigenvalue weighted by Gasteiger charge is -2.22. The van der Waals surface area contributed by atoms with Crippen LogP contribution in [0.5, 0.6) is 0 Å². The van der Waals surface area contributed by atoms with Crippen LogP contribution < -0.4 is 5.32 Å². The van der Waals surface area contributed by atoms with E-state index in [9.17, 15) is 13.2 Å². The van der Waals surface area contributed by atoms with Crippen LogP contribution in [0.25, 0.3) is 0 Å². The Labute approximate surface area is 119 Å². The SMILES string of the molecule is CC(C)NCC(C)C(C)Cc1ccc(C(F)(F)F)cc1. The van der Waals surface area contributed by atoms with Gasteiger partial charge >= 0.3 is 6.18 Å². The molecule has 1 rings (SSSR count). The molecule has 0 aromatic heterocycles. The van der Waals surface area contributed by atoms with E-state index in [1.54, 1.807) is 12.1 Å². The number of benzene rings is 1. The van der Waals surface area contributed by atoms with Crippen LogP contribution in [0.1, 0.15) is 38.8 Å². The fourth-order valence-corrected chi connectivity index (χ4v) is 2.03. The van der Waals surface area contributed by atoms with Gasteiger partial charge in [0.05, 0.1) is 5.56 Å². The van der Waals surface area contributed by atoms with Crippen LogP contribution in [0, 0.1) is 11.8 Å². The smallest absolute Gasteiger partial charge is 0.314 e. The Bertz CT molecular complexity index is 395. The summed E-state index contributed by atoms with van der Waals surface area (Å²) in [7, 11) is 0. The Morgan fingerprint density at radius 2 is 1.50 bits per heavy atom. The Balaban J connectivity index is 2.55. The zero-order valence-electron chi connectivity index (χ0n) is 12.6. The zero-order chi connectivity index (χ0) is 15.3. The van der Waals surface area contributed by atoms with Crippen molar-refractivity contribution < 1.29 is 13.2 Å². The molecule has 4 heteroatoms. The Morgan fingerprint density at radius 1 is 0.950 bits per heavy atom. The molecule has 0 radical (unpaired) electrons. The number of nitrogens with one attached hydrogen (secondary N) is 1. The van der Waals surface area contributed by atoms with Crippen molar-refractivity contribution >= 4 is 0 Å². The quantitative estimate of drug-likeness (QED) is 0.811. The number of rotatable bonds is 6. The highest BCUT2D eigenvalue weighted by molar-refractivity contribution is 5.24. The van der Waals surface area contributed by atoms with Gasteiger partial charge in [-0.25, -0.2) is 0 Å². The summed E-state index contributed by atoms with van der Waals surface area (Å²) in [4.78, 5) is 0. The number of hydrogen-bond acceptors (Lipinski definition) is 1. The molecule has 1 aromatic carbocycles. The Morgan fingerprint density at radius 3 is 1.95 bits per heavy atom. The largest absolute Gasteiger partial charge is 0.416 e. The molecule has 20 heavy (non-hydrogen) atoms. The minimum absolute atomic E-state index is 0.429. The second kappa shape index (κ2) is 7.11. The van der Waals surface area contributed by atoms with Crippen LogP contribution in [0.4, 0.5) is 13.2 Å². The third-order valence-electron chi connectivity index (χ3n) is 3.66. The topological polar surface area (TPSA) is 12.0 Å². The van der Waals surface area contributed by atoms with Crippen molar-refractivity contribution in [1.82, 2.24) is 5.32 Å². The van der Waals surface area contributed by atoms with E-state index in [1.165, 1.54) is 12.1 Å². The van der Waals surface area contributed by atoms with Gasteiger partial charge in [-0.2, -0.15) is 13.2 Å². The number of halogens is 3. The van der Waals surface area contributed by atoms with Crippen LogP contribution in [0.2, 0.25) is 0 Å². The molecule has 2 unspecified atom stereocenters. The summed E-state index contributed by atoms with van der Waals surface area (Å²) in [6.07, 6.45) is -3.45. The van der Waals surface area contributed by atoms with Gasteiger partial charge in [0.25, 0.3) is 0 Å². The van der Waals surface area contributed by atoms with Gasteiger partial charge in [-0.15, -0.1) is 0 Å². The average molecular weight is 287 g/mol. The van der Waals surface area contributed by atoms with Crippen molar-refractivity contribution in [3.05, 3.63) is 35.4 Å². The summed E-state index contributed by atoms with van der Waals surface area (Å²) in [6, 6.07) is 5.96. The third kappa shape index (κ3) is 5.53. The monoisotopic (exact) mass is 287 g/mol. The fraction of sp³-hybridized carbons (Fsp3) is 0.625. The van der Waals surface area contributed by atoms with Crippen molar-refractivity contribution in [3.63, 3.8) is 0 Å². The highest BCUT2D eigenvalue weighted by atomic mass is 19.4. The Hall–Kier alpha value is -1.03. The Kier molecular flexibility index (Phi) is 6.06. The number of alkyl halides is 3. The van der Waals surface area contributed by atoms with E-state index in [0.29, 0.717) is 17.9 Å².